The van der Waals surface area contributed by atoms with Gasteiger partial charge in [0.2, 0.25) is 0 Å². The lowest BCUT2D eigenvalue weighted by Crippen LogP contribution is -2.20. The molecular formula is C12H19NOS. The first-order valence-electron chi connectivity index (χ1n) is 5.19. The molecule has 1 unspecified atom stereocenters. The van der Waals surface area contributed by atoms with Crippen molar-refractivity contribution in [3.63, 3.8) is 0 Å². The highest BCUT2D eigenvalue weighted by Gasteiger charge is 2.05. The molecule has 0 bridgehead atoms. The second kappa shape index (κ2) is 6.88. The van der Waals surface area contributed by atoms with E-state index < -0.39 is 0 Å². The zero-order valence-corrected chi connectivity index (χ0v) is 10.2. The van der Waals surface area contributed by atoms with Gasteiger partial charge >= 0.3 is 0 Å². The fourth-order valence-electron chi connectivity index (χ4n) is 1.20. The third-order valence-electron chi connectivity index (χ3n) is 2.10. The molecular weight excluding hydrogens is 206 g/mol. The molecule has 0 saturated carbocycles. The topological polar surface area (TPSA) is 23.5 Å². The van der Waals surface area contributed by atoms with E-state index >= 15 is 0 Å². The van der Waals surface area contributed by atoms with E-state index in [1.165, 1.54) is 4.90 Å². The lowest BCUT2D eigenvalue weighted by Gasteiger charge is -2.13. The first-order valence-corrected chi connectivity index (χ1v) is 6.17. The zero-order valence-electron chi connectivity index (χ0n) is 9.39. The Bertz CT molecular complexity index is 264. The first kappa shape index (κ1) is 12.6. The molecule has 0 saturated heterocycles. The number of hydrogen-bond acceptors (Lipinski definition) is 3. The Morgan fingerprint density at radius 2 is 1.93 bits per heavy atom. The number of hydrogen-bond donors (Lipinski definition) is 1. The Morgan fingerprint density at radius 3 is 2.53 bits per heavy atom. The molecule has 1 aromatic carbocycles. The van der Waals surface area contributed by atoms with Crippen molar-refractivity contribution in [2.45, 2.75) is 17.4 Å². The molecule has 0 aliphatic rings. The molecule has 0 aliphatic carbocycles. The Labute approximate surface area is 96.3 Å². The van der Waals surface area contributed by atoms with E-state index in [2.05, 4.69) is 17.0 Å². The summed E-state index contributed by atoms with van der Waals surface area (Å²) in [6.07, 6.45) is 0.630. The summed E-state index contributed by atoms with van der Waals surface area (Å²) in [4.78, 5) is 3.32. The van der Waals surface area contributed by atoms with Crippen LogP contribution in [0.3, 0.4) is 0 Å². The van der Waals surface area contributed by atoms with Crippen molar-refractivity contribution in [2.75, 3.05) is 26.4 Å². The molecule has 84 valence electrons. The maximum atomic E-state index is 9.71. The monoisotopic (exact) mass is 225 g/mol. The van der Waals surface area contributed by atoms with Crippen molar-refractivity contribution < 1.29 is 5.11 Å². The van der Waals surface area contributed by atoms with Crippen LogP contribution in [-0.2, 0) is 0 Å². The Kier molecular flexibility index (Phi) is 5.76. The second-order valence-electron chi connectivity index (χ2n) is 3.87. The highest BCUT2D eigenvalue weighted by atomic mass is 32.2. The third kappa shape index (κ3) is 5.82. The maximum absolute atomic E-state index is 9.71. The van der Waals surface area contributed by atoms with Crippen LogP contribution in [0.1, 0.15) is 6.42 Å². The standard InChI is InChI=1S/C12H19NOS/c1-13(2)9-8-11(14)10-15-12-6-4-3-5-7-12/h3-7,11,14H,8-10H2,1-2H3. The van der Waals surface area contributed by atoms with Crippen molar-refractivity contribution in [1.82, 2.24) is 4.90 Å². The van der Waals surface area contributed by atoms with E-state index in [9.17, 15) is 5.11 Å². The molecule has 1 rings (SSSR count). The van der Waals surface area contributed by atoms with Crippen LogP contribution in [0, 0.1) is 0 Å². The number of nitrogens with zero attached hydrogens (tertiary/aromatic N) is 1. The van der Waals surface area contributed by atoms with Crippen molar-refractivity contribution >= 4 is 11.8 Å². The molecule has 3 heteroatoms. The molecule has 1 N–H and O–H groups in total. The van der Waals surface area contributed by atoms with Gasteiger partial charge in [0.05, 0.1) is 6.10 Å². The summed E-state index contributed by atoms with van der Waals surface area (Å²) in [6, 6.07) is 10.2. The van der Waals surface area contributed by atoms with Gasteiger partial charge in [-0.2, -0.15) is 0 Å². The van der Waals surface area contributed by atoms with Crippen LogP contribution in [0.4, 0.5) is 0 Å². The van der Waals surface area contributed by atoms with Crippen LogP contribution in [0.5, 0.6) is 0 Å². The highest BCUT2D eigenvalue weighted by Crippen LogP contribution is 2.18. The van der Waals surface area contributed by atoms with Gasteiger partial charge in [0.25, 0.3) is 0 Å². The molecule has 1 atom stereocenters. The lowest BCUT2D eigenvalue weighted by atomic mass is 10.3. The second-order valence-corrected chi connectivity index (χ2v) is 4.96. The quantitative estimate of drug-likeness (QED) is 0.750. The minimum atomic E-state index is -0.211. The number of aliphatic hydroxyl groups is 1. The minimum absolute atomic E-state index is 0.211. The van der Waals surface area contributed by atoms with Gasteiger partial charge in [0, 0.05) is 17.2 Å². The maximum Gasteiger partial charge on any atom is 0.0646 e. The van der Waals surface area contributed by atoms with Crippen molar-refractivity contribution in [1.29, 1.82) is 0 Å². The number of thioether (sulfide) groups is 1. The van der Waals surface area contributed by atoms with E-state index in [1.807, 2.05) is 32.3 Å². The van der Waals surface area contributed by atoms with Crippen molar-refractivity contribution in [3.8, 4) is 0 Å². The summed E-state index contributed by atoms with van der Waals surface area (Å²) in [6.45, 7) is 0.941. The minimum Gasteiger partial charge on any atom is -0.392 e. The molecule has 0 amide bonds. The number of benzene rings is 1. The van der Waals surface area contributed by atoms with Crippen molar-refractivity contribution in [3.05, 3.63) is 30.3 Å². The normalized spacial score (nSPS) is 13.1. The average Bonchev–Trinajstić information content (AvgIpc) is 2.25. The fraction of sp³-hybridized carbons (Fsp3) is 0.500. The summed E-state index contributed by atoms with van der Waals surface area (Å²) in [5.74, 6) is 0.776. The van der Waals surface area contributed by atoms with Crippen LogP contribution < -0.4 is 0 Å². The molecule has 1 aromatic rings. The highest BCUT2D eigenvalue weighted by molar-refractivity contribution is 7.99. The predicted octanol–water partition coefficient (Wildman–Crippen LogP) is 2.09. The zero-order chi connectivity index (χ0) is 11.1. The largest absolute Gasteiger partial charge is 0.392 e. The van der Waals surface area contributed by atoms with E-state index in [0.29, 0.717) is 0 Å². The van der Waals surface area contributed by atoms with Gasteiger partial charge in [-0.1, -0.05) is 18.2 Å². The summed E-state index contributed by atoms with van der Waals surface area (Å²) >= 11 is 1.71. The van der Waals surface area contributed by atoms with E-state index in [0.717, 1.165) is 18.7 Å². The van der Waals surface area contributed by atoms with Crippen LogP contribution in [0.2, 0.25) is 0 Å². The lowest BCUT2D eigenvalue weighted by molar-refractivity contribution is 0.174. The van der Waals surface area contributed by atoms with Crippen molar-refractivity contribution in [2.24, 2.45) is 0 Å². The molecule has 0 fully saturated rings. The smallest absolute Gasteiger partial charge is 0.0646 e. The SMILES string of the molecule is CN(C)CCC(O)CSc1ccccc1. The summed E-state index contributed by atoms with van der Waals surface area (Å²) < 4.78 is 0. The van der Waals surface area contributed by atoms with E-state index in [-0.39, 0.29) is 6.10 Å². The van der Waals surface area contributed by atoms with Gasteiger partial charge < -0.3 is 10.0 Å². The summed E-state index contributed by atoms with van der Waals surface area (Å²) in [5, 5.41) is 9.71. The van der Waals surface area contributed by atoms with Gasteiger partial charge in [-0.25, -0.2) is 0 Å². The average molecular weight is 225 g/mol. The van der Waals surface area contributed by atoms with Crippen LogP contribution in [0.15, 0.2) is 35.2 Å². The number of rotatable bonds is 6. The molecule has 15 heavy (non-hydrogen) atoms. The molecule has 0 spiro atoms. The molecule has 0 aliphatic heterocycles. The Balaban J connectivity index is 2.19. The molecule has 0 radical (unpaired) electrons. The van der Waals surface area contributed by atoms with E-state index in [4.69, 9.17) is 0 Å². The van der Waals surface area contributed by atoms with Gasteiger partial charge in [-0.15, -0.1) is 11.8 Å². The van der Waals surface area contributed by atoms with Crippen LogP contribution >= 0.6 is 11.8 Å². The molecule has 0 heterocycles. The third-order valence-corrected chi connectivity index (χ3v) is 3.25. The van der Waals surface area contributed by atoms with Gasteiger partial charge in [-0.05, 0) is 32.6 Å². The molecule has 2 nitrogen and oxygen atoms in total. The number of aliphatic hydroxyl groups excluding tert-OH is 1. The molecule has 0 aromatic heterocycles. The van der Waals surface area contributed by atoms with Gasteiger partial charge in [0.1, 0.15) is 0 Å². The predicted molar refractivity (Wildman–Crippen MR) is 66.3 cm³/mol. The summed E-state index contributed by atoms with van der Waals surface area (Å²) in [5.41, 5.74) is 0. The van der Waals surface area contributed by atoms with Crippen LogP contribution in [-0.4, -0.2) is 42.5 Å². The van der Waals surface area contributed by atoms with E-state index in [1.54, 1.807) is 11.8 Å². The first-order chi connectivity index (χ1) is 7.18. The Morgan fingerprint density at radius 1 is 1.27 bits per heavy atom. The van der Waals surface area contributed by atoms with Gasteiger partial charge in [-0.3, -0.25) is 0 Å². The fourth-order valence-corrected chi connectivity index (χ4v) is 2.10. The Hall–Kier alpha value is -0.510. The van der Waals surface area contributed by atoms with Gasteiger partial charge in [0.15, 0.2) is 0 Å². The summed E-state index contributed by atoms with van der Waals surface area (Å²) in [7, 11) is 4.05. The van der Waals surface area contributed by atoms with Crippen LogP contribution in [0.25, 0.3) is 0 Å².